The normalized spacial score (nSPS) is 15.3. The number of unbranched alkanes of at least 4 members (excludes halogenated alkanes) is 13. The molecule has 0 radical (unpaired) electrons. The third kappa shape index (κ3) is 34.6. The summed E-state index contributed by atoms with van der Waals surface area (Å²) in [7, 11) is 1.22. The lowest BCUT2D eigenvalue weighted by atomic mass is 10.1. The van der Waals surface area contributed by atoms with Gasteiger partial charge in [-0.15, -0.1) is 0 Å². The number of carbonyl (C=O) groups excluding carboxylic acids is 1. The van der Waals surface area contributed by atoms with Crippen molar-refractivity contribution in [2.75, 3.05) is 40.9 Å². The van der Waals surface area contributed by atoms with E-state index in [0.717, 1.165) is 70.6 Å². The van der Waals surface area contributed by atoms with Crippen LogP contribution in [0.5, 0.6) is 0 Å². The van der Waals surface area contributed by atoms with E-state index in [1.807, 2.05) is 27.2 Å². The van der Waals surface area contributed by atoms with E-state index in [1.165, 1.54) is 51.4 Å². The van der Waals surface area contributed by atoms with Gasteiger partial charge >= 0.3 is 0 Å². The Morgan fingerprint density at radius 1 is 0.720 bits per heavy atom. The minimum absolute atomic E-state index is 0.0114. The van der Waals surface area contributed by atoms with Gasteiger partial charge in [-0.25, -0.2) is 0 Å². The lowest BCUT2D eigenvalue weighted by molar-refractivity contribution is -0.870. The maximum absolute atomic E-state index is 12.8. The molecule has 1 amide bonds. The van der Waals surface area contributed by atoms with Crippen LogP contribution in [0.25, 0.3) is 0 Å². The second-order valence-electron chi connectivity index (χ2n) is 14.2. The third-order valence-electron chi connectivity index (χ3n) is 8.21. The summed E-state index contributed by atoms with van der Waals surface area (Å²) >= 11 is 0. The molecule has 3 unspecified atom stereocenters. The molecule has 0 aromatic carbocycles. The summed E-state index contributed by atoms with van der Waals surface area (Å²) in [5.41, 5.74) is 0. The van der Waals surface area contributed by atoms with Crippen LogP contribution in [-0.4, -0.2) is 68.5 Å². The van der Waals surface area contributed by atoms with Crippen molar-refractivity contribution >= 4 is 13.7 Å². The zero-order valence-corrected chi connectivity index (χ0v) is 33.5. The topological polar surface area (TPSA) is 108 Å². The Morgan fingerprint density at radius 3 is 1.86 bits per heavy atom. The molecule has 8 nitrogen and oxygen atoms in total. The predicted molar refractivity (Wildman–Crippen MR) is 210 cm³/mol. The van der Waals surface area contributed by atoms with Crippen molar-refractivity contribution in [3.8, 4) is 0 Å². The molecule has 2 N–H and O–H groups in total. The molecule has 0 fully saturated rings. The molecule has 0 aliphatic rings. The van der Waals surface area contributed by atoms with E-state index in [4.69, 9.17) is 9.05 Å². The first-order chi connectivity index (χ1) is 24.0. The number of rotatable bonds is 34. The van der Waals surface area contributed by atoms with Gasteiger partial charge in [-0.05, 0) is 64.2 Å². The summed E-state index contributed by atoms with van der Waals surface area (Å²) in [6.07, 6.45) is 41.2. The average Bonchev–Trinajstić information content (AvgIpc) is 3.06. The van der Waals surface area contributed by atoms with Gasteiger partial charge in [0.15, 0.2) is 0 Å². The minimum atomic E-state index is -4.59. The second kappa shape index (κ2) is 33.1. The monoisotopic (exact) mass is 723 g/mol. The second-order valence-corrected chi connectivity index (χ2v) is 15.7. The molecular formula is C41H75N2O6P. The zero-order chi connectivity index (χ0) is 37.2. The predicted octanol–water partition coefficient (Wildman–Crippen LogP) is 9.66. The Bertz CT molecular complexity index is 1000. The molecule has 0 saturated carbocycles. The average molecular weight is 723 g/mol. The smallest absolute Gasteiger partial charge is 0.268 e. The number of likely N-dealkylation sites (N-methyl/N-ethyl adjacent to an activating group) is 1. The number of aliphatic hydroxyl groups excluding tert-OH is 1. The SMILES string of the molecule is CC/C=C\C/C=C\C/C=C\CCCCCCCCCC(=O)NC(COP(=O)([O-])OCC[N+](C)(C)C)C(O)/C=C/CC/C=C/CCCCCCC. The maximum Gasteiger partial charge on any atom is 0.268 e. The van der Waals surface area contributed by atoms with E-state index in [1.54, 1.807) is 6.08 Å². The van der Waals surface area contributed by atoms with Gasteiger partial charge in [0.25, 0.3) is 7.82 Å². The molecule has 0 rings (SSSR count). The Morgan fingerprint density at radius 2 is 1.24 bits per heavy atom. The fourth-order valence-corrected chi connectivity index (χ4v) is 5.78. The van der Waals surface area contributed by atoms with Crippen molar-refractivity contribution in [2.45, 2.75) is 154 Å². The quantitative estimate of drug-likeness (QED) is 0.0297. The van der Waals surface area contributed by atoms with Gasteiger partial charge in [-0.2, -0.15) is 0 Å². The van der Waals surface area contributed by atoms with Crippen LogP contribution >= 0.6 is 7.82 Å². The Hall–Kier alpha value is -1.80. The van der Waals surface area contributed by atoms with Crippen LogP contribution in [0.2, 0.25) is 0 Å². The van der Waals surface area contributed by atoms with Gasteiger partial charge in [-0.1, -0.05) is 132 Å². The van der Waals surface area contributed by atoms with Crippen molar-refractivity contribution in [3.05, 3.63) is 60.8 Å². The van der Waals surface area contributed by atoms with E-state index in [9.17, 15) is 19.4 Å². The molecule has 0 spiro atoms. The van der Waals surface area contributed by atoms with Crippen molar-refractivity contribution in [2.24, 2.45) is 0 Å². The number of hydrogen-bond acceptors (Lipinski definition) is 6. The van der Waals surface area contributed by atoms with Gasteiger partial charge in [0.05, 0.1) is 39.9 Å². The van der Waals surface area contributed by atoms with Gasteiger partial charge < -0.3 is 28.8 Å². The Kier molecular flexibility index (Phi) is 31.9. The van der Waals surface area contributed by atoms with E-state index in [2.05, 4.69) is 67.8 Å². The van der Waals surface area contributed by atoms with Crippen molar-refractivity contribution < 1.29 is 32.9 Å². The molecule has 3 atom stereocenters. The molecule has 0 aromatic heterocycles. The summed E-state index contributed by atoms with van der Waals surface area (Å²) in [5, 5.41) is 13.7. The number of allylic oxidation sites excluding steroid dienone is 9. The highest BCUT2D eigenvalue weighted by atomic mass is 31.2. The fraction of sp³-hybridized carbons (Fsp3) is 0.732. The molecule has 50 heavy (non-hydrogen) atoms. The molecule has 0 saturated heterocycles. The third-order valence-corrected chi connectivity index (χ3v) is 9.18. The van der Waals surface area contributed by atoms with E-state index >= 15 is 0 Å². The molecule has 9 heteroatoms. The molecule has 0 bridgehead atoms. The van der Waals surface area contributed by atoms with E-state index < -0.39 is 26.6 Å². The number of phosphoric ester groups is 1. The van der Waals surface area contributed by atoms with E-state index in [-0.39, 0.29) is 12.5 Å². The highest BCUT2D eigenvalue weighted by Gasteiger charge is 2.23. The lowest BCUT2D eigenvalue weighted by Gasteiger charge is -2.29. The Balaban J connectivity index is 4.53. The van der Waals surface area contributed by atoms with Gasteiger partial charge in [0.1, 0.15) is 13.2 Å². The highest BCUT2D eigenvalue weighted by molar-refractivity contribution is 7.45. The van der Waals surface area contributed by atoms with Crippen molar-refractivity contribution in [3.63, 3.8) is 0 Å². The van der Waals surface area contributed by atoms with Crippen LogP contribution in [0.15, 0.2) is 60.8 Å². The summed E-state index contributed by atoms with van der Waals surface area (Å²) < 4.78 is 23.1. The first-order valence-electron chi connectivity index (χ1n) is 19.7. The van der Waals surface area contributed by atoms with Crippen LogP contribution in [0.1, 0.15) is 142 Å². The molecule has 290 valence electrons. The minimum Gasteiger partial charge on any atom is -0.756 e. The number of phosphoric acid groups is 1. The first kappa shape index (κ1) is 48.2. The number of amides is 1. The van der Waals surface area contributed by atoms with Gasteiger partial charge in [0.2, 0.25) is 5.91 Å². The van der Waals surface area contributed by atoms with Gasteiger partial charge in [-0.3, -0.25) is 9.36 Å². The first-order valence-corrected chi connectivity index (χ1v) is 21.1. The molecule has 0 aliphatic carbocycles. The number of nitrogens with zero attached hydrogens (tertiary/aromatic N) is 1. The number of carbonyl (C=O) groups is 1. The largest absolute Gasteiger partial charge is 0.756 e. The van der Waals surface area contributed by atoms with E-state index in [0.29, 0.717) is 17.4 Å². The Labute approximate surface area is 307 Å². The maximum atomic E-state index is 12.8. The number of aliphatic hydroxyl groups is 1. The zero-order valence-electron chi connectivity index (χ0n) is 32.6. The number of nitrogens with one attached hydrogen (secondary N) is 1. The standard InChI is InChI=1S/C41H75N2O6P/c1-6-8-10-12-14-16-18-19-20-21-22-23-25-27-29-31-33-35-41(45)42-39(38-49-50(46,47)48-37-36-43(3,4)5)40(44)34-32-30-28-26-24-17-15-13-11-9-7-2/h8,10,14,16,19-20,24,26,32,34,39-40,44H,6-7,9,11-13,15,17-18,21-23,25,27-31,33,35-38H2,1-5H3,(H-,42,45,46,47)/b10-8-,16-14-,20-19-,26-24+,34-32+. The number of quaternary nitrogens is 1. The van der Waals surface area contributed by atoms with Crippen molar-refractivity contribution in [1.82, 2.24) is 5.32 Å². The van der Waals surface area contributed by atoms with Crippen LogP contribution in [-0.2, 0) is 18.4 Å². The lowest BCUT2D eigenvalue weighted by Crippen LogP contribution is -2.45. The summed E-state index contributed by atoms with van der Waals surface area (Å²) in [5.74, 6) is -0.223. The van der Waals surface area contributed by atoms with Crippen LogP contribution in [0.4, 0.5) is 0 Å². The molecule has 0 aliphatic heterocycles. The van der Waals surface area contributed by atoms with Crippen LogP contribution < -0.4 is 10.2 Å². The fourth-order valence-electron chi connectivity index (χ4n) is 5.06. The van der Waals surface area contributed by atoms with Crippen molar-refractivity contribution in [1.29, 1.82) is 0 Å². The summed E-state index contributed by atoms with van der Waals surface area (Å²) in [6, 6.07) is -0.908. The van der Waals surface area contributed by atoms with Gasteiger partial charge in [0, 0.05) is 6.42 Å². The number of hydrogen-bond donors (Lipinski definition) is 2. The molecular weight excluding hydrogens is 647 g/mol. The molecule has 0 aromatic rings. The summed E-state index contributed by atoms with van der Waals surface area (Å²) in [6.45, 7) is 4.45. The highest BCUT2D eigenvalue weighted by Crippen LogP contribution is 2.38. The van der Waals surface area contributed by atoms with Crippen LogP contribution in [0.3, 0.4) is 0 Å². The molecule has 0 heterocycles. The van der Waals surface area contributed by atoms with Crippen LogP contribution in [0, 0.1) is 0 Å². The summed E-state index contributed by atoms with van der Waals surface area (Å²) in [4.78, 5) is 25.2.